The van der Waals surface area contributed by atoms with Gasteiger partial charge < -0.3 is 24.3 Å². The molecule has 0 aliphatic carbocycles. The summed E-state index contributed by atoms with van der Waals surface area (Å²) in [5.74, 6) is 0.392. The lowest BCUT2D eigenvalue weighted by atomic mass is 9.94. The van der Waals surface area contributed by atoms with Crippen LogP contribution in [0.3, 0.4) is 0 Å². The van der Waals surface area contributed by atoms with Gasteiger partial charge in [-0.2, -0.15) is 15.3 Å². The number of halogens is 2. The normalized spacial score (nSPS) is 19.2. The Hall–Kier alpha value is -4.21. The van der Waals surface area contributed by atoms with E-state index < -0.39 is 11.4 Å². The molecule has 0 spiro atoms. The Labute approximate surface area is 272 Å². The van der Waals surface area contributed by atoms with Crippen molar-refractivity contribution in [3.63, 3.8) is 0 Å². The van der Waals surface area contributed by atoms with E-state index in [0.29, 0.717) is 65.8 Å². The van der Waals surface area contributed by atoms with E-state index in [1.54, 1.807) is 11.0 Å². The van der Waals surface area contributed by atoms with Gasteiger partial charge in [-0.3, -0.25) is 5.10 Å². The number of benzene rings is 2. The third-order valence-electron chi connectivity index (χ3n) is 8.91. The number of carbonyl (C=O) groups is 1. The number of amides is 1. The Bertz CT molecular complexity index is 1890. The number of hydrogen-bond acceptors (Lipinski definition) is 9. The second-order valence-electron chi connectivity index (χ2n) is 13.7. The summed E-state index contributed by atoms with van der Waals surface area (Å²) in [6.07, 6.45) is -0.366. The maximum atomic E-state index is 17.1. The van der Waals surface area contributed by atoms with E-state index in [0.717, 1.165) is 5.56 Å². The number of nitrogens with one attached hydrogen (secondary N) is 1. The fourth-order valence-electron chi connectivity index (χ4n) is 6.32. The molecule has 0 radical (unpaired) electrons. The van der Waals surface area contributed by atoms with Crippen molar-refractivity contribution in [2.75, 3.05) is 50.1 Å². The molecule has 11 nitrogen and oxygen atoms in total. The van der Waals surface area contributed by atoms with Gasteiger partial charge in [0.05, 0.1) is 10.5 Å². The number of piperazine rings is 1. The predicted octanol–water partition coefficient (Wildman–Crippen LogP) is 5.73. The van der Waals surface area contributed by atoms with Crippen molar-refractivity contribution in [1.29, 1.82) is 5.26 Å². The molecule has 2 fully saturated rings. The molecule has 1 N–H and O–H groups in total. The molecule has 0 bridgehead atoms. The fraction of sp³-hybridized carbons (Fsp3) is 0.485. The molecule has 1 amide bonds. The Balaban J connectivity index is 1.51. The van der Waals surface area contributed by atoms with Gasteiger partial charge in [0.15, 0.2) is 11.5 Å². The number of nitrogens with zero attached hydrogens (tertiary/aromatic N) is 8. The highest BCUT2D eigenvalue weighted by atomic mass is 35.5. The number of hydrogen-bond donors (Lipinski definition) is 1. The van der Waals surface area contributed by atoms with E-state index in [4.69, 9.17) is 26.3 Å². The monoisotopic (exact) mass is 647 g/mol. The molecule has 2 aliphatic rings. The first-order chi connectivity index (χ1) is 21.7. The van der Waals surface area contributed by atoms with E-state index in [9.17, 15) is 10.1 Å². The van der Waals surface area contributed by atoms with Crippen LogP contribution in [0.4, 0.5) is 21.0 Å². The number of likely N-dealkylation sites (N-methyl/N-ethyl adjacent to an activating group) is 1. The summed E-state index contributed by atoms with van der Waals surface area (Å²) in [6, 6.07) is 7.46. The number of H-pyrrole nitrogens is 1. The fourth-order valence-corrected chi connectivity index (χ4v) is 6.61. The highest BCUT2D eigenvalue weighted by Crippen LogP contribution is 2.43. The quantitative estimate of drug-likeness (QED) is 0.296. The largest absolute Gasteiger partial charge is 0.444 e. The standard InChI is InChI=1S/C33H39ClFN9O2/c1-17-9-10-23-27(24(12-36)40-39-23)25(17)26-22(34)11-21-29(28(26)35)37-31(42-15-20(16-42)41(7)8)38-30(21)43-13-19(3)44(14-18(43)2)32(45)46-33(4,5)6/h9-11,18-20H,13-16H2,1-8H3,(H,39,40). The van der Waals surface area contributed by atoms with Crippen LogP contribution in [0, 0.1) is 24.1 Å². The number of rotatable bonds is 4. The lowest BCUT2D eigenvalue weighted by Crippen LogP contribution is -2.59. The zero-order chi connectivity index (χ0) is 33.2. The number of anilines is 2. The van der Waals surface area contributed by atoms with Crippen LogP contribution in [0.5, 0.6) is 0 Å². The van der Waals surface area contributed by atoms with Gasteiger partial charge >= 0.3 is 6.09 Å². The number of ether oxygens (including phenoxy) is 1. The number of aromatic nitrogens is 4. The van der Waals surface area contributed by atoms with Gasteiger partial charge in [0.2, 0.25) is 5.95 Å². The average molecular weight is 648 g/mol. The van der Waals surface area contributed by atoms with E-state index in [1.165, 1.54) is 0 Å². The van der Waals surface area contributed by atoms with Crippen LogP contribution in [0.15, 0.2) is 18.2 Å². The van der Waals surface area contributed by atoms with Crippen LogP contribution in [-0.4, -0.2) is 100 Å². The highest BCUT2D eigenvalue weighted by Gasteiger charge is 2.38. The van der Waals surface area contributed by atoms with Crippen molar-refractivity contribution in [3.8, 4) is 17.2 Å². The molecule has 0 saturated carbocycles. The average Bonchev–Trinajstić information content (AvgIpc) is 3.36. The van der Waals surface area contributed by atoms with Gasteiger partial charge in [0.25, 0.3) is 0 Å². The van der Waals surface area contributed by atoms with Crippen molar-refractivity contribution < 1.29 is 13.9 Å². The predicted molar refractivity (Wildman–Crippen MR) is 178 cm³/mol. The molecule has 2 aliphatic heterocycles. The third-order valence-corrected chi connectivity index (χ3v) is 9.21. The molecule has 2 unspecified atom stereocenters. The van der Waals surface area contributed by atoms with Gasteiger partial charge in [0, 0.05) is 66.2 Å². The Morgan fingerprint density at radius 3 is 2.50 bits per heavy atom. The van der Waals surface area contributed by atoms with Crippen LogP contribution in [-0.2, 0) is 4.74 Å². The van der Waals surface area contributed by atoms with Crippen molar-refractivity contribution in [1.82, 2.24) is 30.0 Å². The lowest BCUT2D eigenvalue weighted by Gasteiger charge is -2.46. The third kappa shape index (κ3) is 5.45. The van der Waals surface area contributed by atoms with Crippen LogP contribution in [0.2, 0.25) is 5.02 Å². The zero-order valence-corrected chi connectivity index (χ0v) is 28.2. The van der Waals surface area contributed by atoms with E-state index in [1.807, 2.05) is 72.7 Å². The molecular weight excluding hydrogens is 609 g/mol. The van der Waals surface area contributed by atoms with Crippen molar-refractivity contribution in [3.05, 3.63) is 40.3 Å². The summed E-state index contributed by atoms with van der Waals surface area (Å²) in [5, 5.41) is 18.0. The first-order valence-corrected chi connectivity index (χ1v) is 15.8. The molecular formula is C33H39ClFN9O2. The number of nitriles is 1. The topological polar surface area (TPSA) is 118 Å². The van der Waals surface area contributed by atoms with Gasteiger partial charge in [0.1, 0.15) is 23.0 Å². The van der Waals surface area contributed by atoms with Gasteiger partial charge in [-0.05, 0) is 73.3 Å². The van der Waals surface area contributed by atoms with Gasteiger partial charge in [-0.15, -0.1) is 0 Å². The highest BCUT2D eigenvalue weighted by molar-refractivity contribution is 6.35. The second-order valence-corrected chi connectivity index (χ2v) is 14.1. The summed E-state index contributed by atoms with van der Waals surface area (Å²) in [4.78, 5) is 30.9. The van der Waals surface area contributed by atoms with Crippen molar-refractivity contribution in [2.24, 2.45) is 0 Å². The Morgan fingerprint density at radius 2 is 1.85 bits per heavy atom. The molecule has 2 atom stereocenters. The number of aromatic amines is 1. The maximum absolute atomic E-state index is 17.1. The number of aryl methyl sites for hydroxylation is 1. The Morgan fingerprint density at radius 1 is 1.13 bits per heavy atom. The van der Waals surface area contributed by atoms with E-state index in [-0.39, 0.29) is 40.0 Å². The van der Waals surface area contributed by atoms with Crippen LogP contribution < -0.4 is 9.80 Å². The van der Waals surface area contributed by atoms with Crippen LogP contribution >= 0.6 is 11.6 Å². The first-order valence-electron chi connectivity index (χ1n) is 15.4. The van der Waals surface area contributed by atoms with Gasteiger partial charge in [-0.1, -0.05) is 17.7 Å². The Kier molecular flexibility index (Phi) is 7.97. The first kappa shape index (κ1) is 31.8. The van der Waals surface area contributed by atoms with Crippen molar-refractivity contribution in [2.45, 2.75) is 65.3 Å². The molecule has 6 rings (SSSR count). The molecule has 242 valence electrons. The second kappa shape index (κ2) is 11.5. The molecule has 13 heteroatoms. The minimum absolute atomic E-state index is 0.139. The molecule has 4 heterocycles. The van der Waals surface area contributed by atoms with Crippen LogP contribution in [0.25, 0.3) is 32.9 Å². The van der Waals surface area contributed by atoms with E-state index >= 15 is 4.39 Å². The van der Waals surface area contributed by atoms with Crippen LogP contribution in [0.1, 0.15) is 45.9 Å². The van der Waals surface area contributed by atoms with Crippen molar-refractivity contribution >= 4 is 51.3 Å². The zero-order valence-electron chi connectivity index (χ0n) is 27.4. The lowest BCUT2D eigenvalue weighted by molar-refractivity contribution is 0.0130. The summed E-state index contributed by atoms with van der Waals surface area (Å²) in [6.45, 7) is 13.7. The maximum Gasteiger partial charge on any atom is 0.410 e. The molecule has 4 aromatic rings. The number of fused-ring (bicyclic) bond motifs is 2. The molecule has 2 aromatic carbocycles. The summed E-state index contributed by atoms with van der Waals surface area (Å²) >= 11 is 6.96. The minimum Gasteiger partial charge on any atom is -0.444 e. The summed E-state index contributed by atoms with van der Waals surface area (Å²) < 4.78 is 22.8. The SMILES string of the molecule is Cc1ccc2[nH]nc(C#N)c2c1-c1c(Cl)cc2c(N3CC(C)N(C(=O)OC(C)(C)C)CC3C)nc(N3CC(N(C)C)C3)nc2c1F. The molecule has 2 aromatic heterocycles. The molecule has 46 heavy (non-hydrogen) atoms. The smallest absolute Gasteiger partial charge is 0.410 e. The summed E-state index contributed by atoms with van der Waals surface area (Å²) in [7, 11) is 4.06. The number of carbonyl (C=O) groups excluding carboxylic acids is 1. The van der Waals surface area contributed by atoms with E-state index in [2.05, 4.69) is 26.1 Å². The van der Waals surface area contributed by atoms with Gasteiger partial charge in [-0.25, -0.2) is 14.2 Å². The minimum atomic E-state index is -0.615. The molecule has 2 saturated heterocycles. The summed E-state index contributed by atoms with van der Waals surface area (Å²) in [5.41, 5.74) is 1.70.